The third kappa shape index (κ3) is 9.75. The van der Waals surface area contributed by atoms with E-state index in [-0.39, 0.29) is 40.3 Å². The Morgan fingerprint density at radius 3 is 1.45 bits per heavy atom. The van der Waals surface area contributed by atoms with E-state index in [2.05, 4.69) is 121 Å². The molecule has 3 aromatic carbocycles. The summed E-state index contributed by atoms with van der Waals surface area (Å²) >= 11 is 0. The van der Waals surface area contributed by atoms with Crippen LogP contribution in [0.25, 0.3) is 0 Å². The van der Waals surface area contributed by atoms with Crippen molar-refractivity contribution in [3.63, 3.8) is 0 Å². The summed E-state index contributed by atoms with van der Waals surface area (Å²) in [5, 5.41) is 36.7. The zero-order chi connectivity index (χ0) is 34.3. The van der Waals surface area contributed by atoms with Gasteiger partial charge >= 0.3 is 5.97 Å². The summed E-state index contributed by atoms with van der Waals surface area (Å²) in [6, 6.07) is 22.3. The van der Waals surface area contributed by atoms with Crippen molar-refractivity contribution in [1.82, 2.24) is 4.98 Å². The average molecular weight is 684 g/mol. The number of aromatic nitrogens is 1. The van der Waals surface area contributed by atoms with Crippen molar-refractivity contribution < 1.29 is 36.9 Å². The Balaban J connectivity index is 0.000000431. The standard InChI is InChI=1S/C29H39N3.C10H12O4.Co/c1-18(2)24-14-9-12-20(5)28(24)30-22(7)26-16-11-17-27(32-26)23(8)31-29-21(6)13-10-15-25(29)19(3)4;1-5(2)6-3-4-7(11)9(12)8(6)10(13)14;/h9-19,22-23,30-31H,1-8H3;3-5,11-12H,1-2H3,(H,13,14);/p-1. The predicted molar refractivity (Wildman–Crippen MR) is 187 cm³/mol. The molecule has 255 valence electrons. The van der Waals surface area contributed by atoms with Crippen LogP contribution in [0.4, 0.5) is 11.4 Å². The fraction of sp³-hybridized carbons (Fsp3) is 0.385. The number of rotatable bonds is 10. The van der Waals surface area contributed by atoms with Gasteiger partial charge in [-0.1, -0.05) is 95.8 Å². The van der Waals surface area contributed by atoms with E-state index in [1.165, 1.54) is 45.8 Å². The van der Waals surface area contributed by atoms with Crippen molar-refractivity contribution in [1.29, 1.82) is 0 Å². The Morgan fingerprint density at radius 2 is 1.06 bits per heavy atom. The summed E-state index contributed by atoms with van der Waals surface area (Å²) in [5.74, 6) is -1.76. The van der Waals surface area contributed by atoms with Gasteiger partial charge in [0.15, 0.2) is 0 Å². The molecule has 2 atom stereocenters. The zero-order valence-electron chi connectivity index (χ0n) is 29.2. The van der Waals surface area contributed by atoms with E-state index in [1.807, 2.05) is 0 Å². The largest absolute Gasteiger partial charge is 0.869 e. The van der Waals surface area contributed by atoms with Gasteiger partial charge in [0, 0.05) is 28.2 Å². The van der Waals surface area contributed by atoms with Crippen molar-refractivity contribution in [2.24, 2.45) is 0 Å². The molecule has 47 heavy (non-hydrogen) atoms. The molecule has 0 saturated carbocycles. The van der Waals surface area contributed by atoms with Gasteiger partial charge in [0.2, 0.25) is 0 Å². The molecule has 4 rings (SSSR count). The number of aromatic carboxylic acids is 1. The maximum Gasteiger partial charge on any atom is 0.335 e. The zero-order valence-corrected chi connectivity index (χ0v) is 30.3. The van der Waals surface area contributed by atoms with Crippen LogP contribution in [0.3, 0.4) is 0 Å². The number of nitrogens with one attached hydrogen (secondary N) is 2. The normalized spacial score (nSPS) is 12.2. The van der Waals surface area contributed by atoms with Crippen LogP contribution in [-0.4, -0.2) is 21.2 Å². The van der Waals surface area contributed by atoms with Crippen LogP contribution in [0, 0.1) is 13.8 Å². The van der Waals surface area contributed by atoms with Crippen LogP contribution in [0.15, 0.2) is 66.7 Å². The molecule has 1 aromatic heterocycles. The molecular weight excluding hydrogens is 633 g/mol. The number of hydrogen-bond acceptors (Lipinski definition) is 6. The number of benzene rings is 3. The van der Waals surface area contributed by atoms with Crippen LogP contribution in [0.2, 0.25) is 0 Å². The van der Waals surface area contributed by atoms with E-state index in [0.29, 0.717) is 17.4 Å². The summed E-state index contributed by atoms with van der Waals surface area (Å²) < 4.78 is 0. The van der Waals surface area contributed by atoms with Gasteiger partial charge in [-0.3, -0.25) is 4.98 Å². The quantitative estimate of drug-likeness (QED) is 0.132. The number of carboxylic acids is 1. The molecule has 0 aliphatic carbocycles. The van der Waals surface area contributed by atoms with Crippen molar-refractivity contribution >= 4 is 17.3 Å². The Morgan fingerprint density at radius 1 is 0.660 bits per heavy atom. The Labute approximate surface area is 291 Å². The molecule has 0 bridgehead atoms. The number of nitrogens with zero attached hydrogens (tertiary/aromatic N) is 1. The molecule has 0 aliphatic heterocycles. The first kappa shape index (κ1) is 39.2. The van der Waals surface area contributed by atoms with Gasteiger partial charge in [0.05, 0.1) is 29.0 Å². The molecule has 0 aliphatic rings. The van der Waals surface area contributed by atoms with Gasteiger partial charge < -0.3 is 26.0 Å². The first-order valence-corrected chi connectivity index (χ1v) is 16.1. The van der Waals surface area contributed by atoms with Crippen LogP contribution in [-0.2, 0) is 16.8 Å². The average Bonchev–Trinajstić information content (AvgIpc) is 3.00. The number of pyridine rings is 1. The number of phenols is 1. The molecule has 8 heteroatoms. The van der Waals surface area contributed by atoms with E-state index in [1.54, 1.807) is 13.8 Å². The number of anilines is 2. The van der Waals surface area contributed by atoms with Crippen LogP contribution in [0.5, 0.6) is 11.5 Å². The maximum atomic E-state index is 11.3. The molecule has 0 spiro atoms. The summed E-state index contributed by atoms with van der Waals surface area (Å²) in [4.78, 5) is 15.8. The predicted octanol–water partition coefficient (Wildman–Crippen LogP) is 9.58. The Bertz CT molecular complexity index is 1570. The third-order valence-corrected chi connectivity index (χ3v) is 8.26. The fourth-order valence-electron chi connectivity index (χ4n) is 5.56. The van der Waals surface area contributed by atoms with Crippen LogP contribution >= 0.6 is 0 Å². The van der Waals surface area contributed by atoms with Crippen molar-refractivity contribution in [2.45, 2.75) is 99.1 Å². The molecule has 4 aromatic rings. The van der Waals surface area contributed by atoms with Gasteiger partial charge in [-0.25, -0.2) is 4.79 Å². The van der Waals surface area contributed by atoms with E-state index in [4.69, 9.17) is 15.2 Å². The molecule has 7 nitrogen and oxygen atoms in total. The number of hydrogen-bond donors (Lipinski definition) is 4. The summed E-state index contributed by atoms with van der Waals surface area (Å²) in [5.41, 5.74) is 9.94. The van der Waals surface area contributed by atoms with E-state index < -0.39 is 17.5 Å². The number of carbonyl (C=O) groups is 1. The molecule has 1 radical (unpaired) electrons. The van der Waals surface area contributed by atoms with Crippen molar-refractivity contribution in [3.05, 3.63) is 111 Å². The molecule has 0 saturated heterocycles. The second-order valence-corrected chi connectivity index (χ2v) is 12.9. The Hall–Kier alpha value is -4.01. The molecule has 4 N–H and O–H groups in total. The second kappa shape index (κ2) is 17.2. The topological polar surface area (TPSA) is 118 Å². The minimum atomic E-state index is -1.30. The van der Waals surface area contributed by atoms with Crippen molar-refractivity contribution in [2.75, 3.05) is 10.6 Å². The number of para-hydroxylation sites is 2. The van der Waals surface area contributed by atoms with Crippen LogP contribution in [0.1, 0.15) is 135 Å². The minimum Gasteiger partial charge on any atom is -0.869 e. The van der Waals surface area contributed by atoms with Gasteiger partial charge in [-0.15, -0.1) is 0 Å². The SMILES string of the molecule is CC(C)c1ccc(O)c([O-])c1C(=O)O.Cc1cccc(C(C)C)c1NC(C)c1cccc(C(C)Nc2c(C)cccc2C(C)C)n1.[Co]. The number of aromatic hydroxyl groups is 1. The monoisotopic (exact) mass is 683 g/mol. The fourth-order valence-corrected chi connectivity index (χ4v) is 5.56. The van der Waals surface area contributed by atoms with Gasteiger partial charge in [0.25, 0.3) is 0 Å². The minimum absolute atomic E-state index is 0. The van der Waals surface area contributed by atoms with Gasteiger partial charge in [-0.2, -0.15) is 0 Å². The first-order valence-electron chi connectivity index (χ1n) is 16.1. The van der Waals surface area contributed by atoms with Gasteiger partial charge in [-0.05, 0) is 91.5 Å². The van der Waals surface area contributed by atoms with Gasteiger partial charge in [0.1, 0.15) is 5.75 Å². The number of aryl methyl sites for hydroxylation is 2. The smallest absolute Gasteiger partial charge is 0.335 e. The van der Waals surface area contributed by atoms with Crippen LogP contribution < -0.4 is 15.7 Å². The molecule has 0 fully saturated rings. The number of carboxylic acid groups (broad SMARTS) is 1. The summed E-state index contributed by atoms with van der Waals surface area (Å²) in [6.07, 6.45) is 0. The first-order chi connectivity index (χ1) is 21.6. The van der Waals surface area contributed by atoms with E-state index >= 15 is 0 Å². The van der Waals surface area contributed by atoms with E-state index in [0.717, 1.165) is 11.4 Å². The molecule has 0 amide bonds. The molecule has 2 unspecified atom stereocenters. The summed E-state index contributed by atoms with van der Waals surface area (Å²) in [6.45, 7) is 21.3. The van der Waals surface area contributed by atoms with E-state index in [9.17, 15) is 9.90 Å². The third-order valence-electron chi connectivity index (χ3n) is 8.26. The molecular formula is C39H50CoN3O4-. The Kier molecular flexibility index (Phi) is 14.4. The molecule has 1 heterocycles. The number of phenolic OH excluding ortho intramolecular Hbond substituents is 1. The maximum absolute atomic E-state index is 11.3. The summed E-state index contributed by atoms with van der Waals surface area (Å²) in [7, 11) is 0. The second-order valence-electron chi connectivity index (χ2n) is 12.9. The van der Waals surface area contributed by atoms with Crippen molar-refractivity contribution in [3.8, 4) is 11.5 Å².